The largest absolute Gasteiger partial charge is 0.314 e. The van der Waals surface area contributed by atoms with Gasteiger partial charge >= 0.3 is 0 Å². The summed E-state index contributed by atoms with van der Waals surface area (Å²) in [7, 11) is 0. The highest BCUT2D eigenvalue weighted by molar-refractivity contribution is 5.55. The van der Waals surface area contributed by atoms with Gasteiger partial charge in [-0.05, 0) is 18.9 Å². The van der Waals surface area contributed by atoms with Gasteiger partial charge in [-0.3, -0.25) is 0 Å². The van der Waals surface area contributed by atoms with Gasteiger partial charge in [-0.15, -0.1) is 10.2 Å². The summed E-state index contributed by atoms with van der Waals surface area (Å²) in [6.45, 7) is 5.15. The Kier molecular flexibility index (Phi) is 2.81. The Morgan fingerprint density at radius 1 is 1.13 bits per heavy atom. The maximum absolute atomic E-state index is 4.13. The summed E-state index contributed by atoms with van der Waals surface area (Å²) in [6.07, 6.45) is 2.84. The minimum absolute atomic E-state index is 0.901. The van der Waals surface area contributed by atoms with Crippen LogP contribution in [0.2, 0.25) is 0 Å². The monoisotopic (exact) mass is 201 g/mol. The predicted octanol–water partition coefficient (Wildman–Crippen LogP) is 2.53. The van der Waals surface area contributed by atoms with Crippen molar-refractivity contribution in [3.63, 3.8) is 0 Å². The number of aryl methyl sites for hydroxylation is 2. The average Bonchev–Trinajstić information content (AvgIpc) is 2.77. The zero-order valence-corrected chi connectivity index (χ0v) is 9.14. The first-order chi connectivity index (χ1) is 7.35. The first-order valence-electron chi connectivity index (χ1n) is 5.32. The van der Waals surface area contributed by atoms with Crippen LogP contribution in [-0.2, 0) is 13.0 Å². The molecule has 3 heteroatoms. The first kappa shape index (κ1) is 9.90. The minimum atomic E-state index is 0.901. The number of hydrogen-bond acceptors (Lipinski definition) is 2. The summed E-state index contributed by atoms with van der Waals surface area (Å²) in [6, 6.07) is 8.50. The molecule has 15 heavy (non-hydrogen) atoms. The van der Waals surface area contributed by atoms with Crippen LogP contribution in [0.1, 0.15) is 19.4 Å². The molecule has 1 aromatic heterocycles. The van der Waals surface area contributed by atoms with Gasteiger partial charge in [0.25, 0.3) is 0 Å². The molecule has 0 bridgehead atoms. The molecule has 0 aliphatic heterocycles. The predicted molar refractivity (Wildman–Crippen MR) is 60.5 cm³/mol. The van der Waals surface area contributed by atoms with E-state index in [0.29, 0.717) is 0 Å². The quantitative estimate of drug-likeness (QED) is 0.764. The molecule has 0 saturated carbocycles. The molecular weight excluding hydrogens is 186 g/mol. The summed E-state index contributed by atoms with van der Waals surface area (Å²) in [5.41, 5.74) is 2.48. The lowest BCUT2D eigenvalue weighted by atomic mass is 10.1. The third kappa shape index (κ3) is 1.91. The van der Waals surface area contributed by atoms with E-state index in [1.807, 2.05) is 4.57 Å². The zero-order chi connectivity index (χ0) is 10.7. The summed E-state index contributed by atoms with van der Waals surface area (Å²) >= 11 is 0. The molecule has 0 saturated heterocycles. The number of benzene rings is 1. The molecule has 1 aromatic carbocycles. The van der Waals surface area contributed by atoms with Crippen LogP contribution < -0.4 is 0 Å². The molecule has 0 atom stereocenters. The van der Waals surface area contributed by atoms with Crippen molar-refractivity contribution in [2.45, 2.75) is 26.8 Å². The van der Waals surface area contributed by atoms with E-state index in [1.54, 1.807) is 6.33 Å². The molecular formula is C12H15N3. The molecule has 2 aromatic rings. The standard InChI is InChI=1S/C12H15N3/c1-3-10-5-7-11(8-6-10)12-14-13-9-15(12)4-2/h5-9H,3-4H2,1-2H3. The second-order valence-corrected chi connectivity index (χ2v) is 3.49. The van der Waals surface area contributed by atoms with E-state index in [0.717, 1.165) is 24.4 Å². The number of nitrogens with zero attached hydrogens (tertiary/aromatic N) is 3. The Hall–Kier alpha value is -1.64. The molecule has 2 rings (SSSR count). The second kappa shape index (κ2) is 4.26. The molecule has 0 fully saturated rings. The van der Waals surface area contributed by atoms with E-state index in [1.165, 1.54) is 5.56 Å². The lowest BCUT2D eigenvalue weighted by molar-refractivity contribution is 0.767. The topological polar surface area (TPSA) is 30.7 Å². The summed E-state index contributed by atoms with van der Waals surface area (Å²) in [5, 5.41) is 8.05. The fourth-order valence-electron chi connectivity index (χ4n) is 1.60. The van der Waals surface area contributed by atoms with Crippen LogP contribution in [0.3, 0.4) is 0 Å². The molecule has 0 spiro atoms. The van der Waals surface area contributed by atoms with Crippen LogP contribution >= 0.6 is 0 Å². The maximum atomic E-state index is 4.13. The molecule has 0 N–H and O–H groups in total. The van der Waals surface area contributed by atoms with Crippen molar-refractivity contribution in [1.29, 1.82) is 0 Å². The highest BCUT2D eigenvalue weighted by Crippen LogP contribution is 2.17. The Morgan fingerprint density at radius 2 is 1.87 bits per heavy atom. The van der Waals surface area contributed by atoms with Gasteiger partial charge in [0.05, 0.1) is 0 Å². The normalized spacial score (nSPS) is 10.5. The fourth-order valence-corrected chi connectivity index (χ4v) is 1.60. The lowest BCUT2D eigenvalue weighted by Crippen LogP contribution is -1.95. The zero-order valence-electron chi connectivity index (χ0n) is 9.14. The van der Waals surface area contributed by atoms with Gasteiger partial charge in [-0.25, -0.2) is 0 Å². The summed E-state index contributed by atoms with van der Waals surface area (Å²) in [4.78, 5) is 0. The van der Waals surface area contributed by atoms with Crippen molar-refractivity contribution in [2.24, 2.45) is 0 Å². The molecule has 0 radical (unpaired) electrons. The van der Waals surface area contributed by atoms with Crippen molar-refractivity contribution >= 4 is 0 Å². The number of aromatic nitrogens is 3. The molecule has 0 amide bonds. The van der Waals surface area contributed by atoms with Gasteiger partial charge in [0.1, 0.15) is 6.33 Å². The van der Waals surface area contributed by atoms with Crippen LogP contribution in [0, 0.1) is 0 Å². The van der Waals surface area contributed by atoms with Crippen molar-refractivity contribution in [3.8, 4) is 11.4 Å². The van der Waals surface area contributed by atoms with Crippen LogP contribution in [0.25, 0.3) is 11.4 Å². The van der Waals surface area contributed by atoms with Crippen molar-refractivity contribution in [1.82, 2.24) is 14.8 Å². The summed E-state index contributed by atoms with van der Waals surface area (Å²) in [5.74, 6) is 0.945. The van der Waals surface area contributed by atoms with E-state index in [2.05, 4.69) is 48.3 Å². The van der Waals surface area contributed by atoms with E-state index in [-0.39, 0.29) is 0 Å². The van der Waals surface area contributed by atoms with Gasteiger partial charge in [0.15, 0.2) is 5.82 Å². The minimum Gasteiger partial charge on any atom is -0.314 e. The fraction of sp³-hybridized carbons (Fsp3) is 0.333. The van der Waals surface area contributed by atoms with Crippen LogP contribution in [-0.4, -0.2) is 14.8 Å². The second-order valence-electron chi connectivity index (χ2n) is 3.49. The molecule has 3 nitrogen and oxygen atoms in total. The highest BCUT2D eigenvalue weighted by Gasteiger charge is 2.04. The number of hydrogen-bond donors (Lipinski definition) is 0. The SMILES string of the molecule is CCc1ccc(-c2nncn2CC)cc1. The Labute approximate surface area is 89.8 Å². The van der Waals surface area contributed by atoms with Crippen LogP contribution in [0.5, 0.6) is 0 Å². The Morgan fingerprint density at radius 3 is 2.47 bits per heavy atom. The van der Waals surface area contributed by atoms with Gasteiger partial charge in [0, 0.05) is 12.1 Å². The Bertz CT molecular complexity index is 428. The molecule has 0 unspecified atom stereocenters. The van der Waals surface area contributed by atoms with Gasteiger partial charge < -0.3 is 4.57 Å². The van der Waals surface area contributed by atoms with E-state index < -0.39 is 0 Å². The van der Waals surface area contributed by atoms with E-state index in [9.17, 15) is 0 Å². The maximum Gasteiger partial charge on any atom is 0.163 e. The molecule has 0 aliphatic carbocycles. The van der Waals surface area contributed by atoms with Crippen LogP contribution in [0.15, 0.2) is 30.6 Å². The average molecular weight is 201 g/mol. The Balaban J connectivity index is 2.37. The third-order valence-electron chi connectivity index (χ3n) is 2.58. The van der Waals surface area contributed by atoms with Gasteiger partial charge in [-0.1, -0.05) is 31.2 Å². The first-order valence-corrected chi connectivity index (χ1v) is 5.32. The smallest absolute Gasteiger partial charge is 0.163 e. The number of rotatable bonds is 3. The van der Waals surface area contributed by atoms with E-state index in [4.69, 9.17) is 0 Å². The highest BCUT2D eigenvalue weighted by atomic mass is 15.3. The van der Waals surface area contributed by atoms with E-state index >= 15 is 0 Å². The van der Waals surface area contributed by atoms with Gasteiger partial charge in [0.2, 0.25) is 0 Å². The van der Waals surface area contributed by atoms with Crippen LogP contribution in [0.4, 0.5) is 0 Å². The molecule has 1 heterocycles. The third-order valence-corrected chi connectivity index (χ3v) is 2.58. The lowest BCUT2D eigenvalue weighted by Gasteiger charge is -2.03. The molecule has 0 aliphatic rings. The molecule has 78 valence electrons. The van der Waals surface area contributed by atoms with Crippen molar-refractivity contribution in [3.05, 3.63) is 36.2 Å². The van der Waals surface area contributed by atoms with Gasteiger partial charge in [-0.2, -0.15) is 0 Å². The van der Waals surface area contributed by atoms with Crippen molar-refractivity contribution in [2.75, 3.05) is 0 Å². The van der Waals surface area contributed by atoms with Crippen molar-refractivity contribution < 1.29 is 0 Å². The summed E-state index contributed by atoms with van der Waals surface area (Å²) < 4.78 is 2.04.